The Morgan fingerprint density at radius 2 is 1.88 bits per heavy atom. The third-order valence-electron chi connectivity index (χ3n) is 4.10. The van der Waals surface area contributed by atoms with Crippen molar-refractivity contribution in [3.05, 3.63) is 52.0 Å². The third kappa shape index (κ3) is 6.31. The molecule has 0 radical (unpaired) electrons. The summed E-state index contributed by atoms with van der Waals surface area (Å²) in [6.45, 7) is 6.79. The molecule has 142 valence electrons. The van der Waals surface area contributed by atoms with E-state index >= 15 is 0 Å². The average Bonchev–Trinajstić information content (AvgIpc) is 2.91. The van der Waals surface area contributed by atoms with Gasteiger partial charge in [0.15, 0.2) is 0 Å². The monoisotopic (exact) mass is 397 g/mol. The van der Waals surface area contributed by atoms with Crippen LogP contribution in [-0.4, -0.2) is 32.7 Å². The second-order valence-corrected chi connectivity index (χ2v) is 7.96. The Labute approximate surface area is 164 Å². The van der Waals surface area contributed by atoms with Gasteiger partial charge in [-0.05, 0) is 43.0 Å². The average molecular weight is 398 g/mol. The second-order valence-electron chi connectivity index (χ2n) is 7.08. The molecule has 2 rings (SSSR count). The summed E-state index contributed by atoms with van der Waals surface area (Å²) < 4.78 is 1.92. The lowest BCUT2D eigenvalue weighted by Crippen LogP contribution is -2.44. The molecule has 0 aliphatic carbocycles. The summed E-state index contributed by atoms with van der Waals surface area (Å²) in [5.74, 6) is -0.357. The fourth-order valence-corrected chi connectivity index (χ4v) is 3.68. The van der Waals surface area contributed by atoms with Crippen LogP contribution in [-0.2, 0) is 17.8 Å². The molecule has 1 aromatic carbocycles. The van der Waals surface area contributed by atoms with Crippen molar-refractivity contribution in [1.29, 1.82) is 0 Å². The fraction of sp³-hybridized carbons (Fsp3) is 0.474. The standard InChI is InChI=1S/C19H25Cl2N3O2/c1-12(2)4-13(3)23-18(19(25)26)8-17-9-22-11-24(17)10-14-5-15(20)7-16(21)6-14/h5-7,9,11-13,18,23H,4,8,10H2,1-3H3,(H,25,26)/t13?,18-/m0/s1. The lowest BCUT2D eigenvalue weighted by molar-refractivity contribution is -0.139. The summed E-state index contributed by atoms with van der Waals surface area (Å²) in [5.41, 5.74) is 1.78. The van der Waals surface area contributed by atoms with E-state index in [-0.39, 0.29) is 6.04 Å². The number of benzene rings is 1. The molecule has 0 saturated carbocycles. The van der Waals surface area contributed by atoms with Crippen LogP contribution in [0.1, 0.15) is 38.4 Å². The Kier molecular flexibility index (Phi) is 7.50. The molecular weight excluding hydrogens is 373 g/mol. The first-order valence-electron chi connectivity index (χ1n) is 8.67. The number of carboxylic acid groups (broad SMARTS) is 1. The third-order valence-corrected chi connectivity index (χ3v) is 4.53. The van der Waals surface area contributed by atoms with E-state index in [0.29, 0.717) is 28.9 Å². The molecule has 0 bridgehead atoms. The van der Waals surface area contributed by atoms with Crippen molar-refractivity contribution in [2.45, 2.75) is 52.2 Å². The predicted molar refractivity (Wildman–Crippen MR) is 105 cm³/mol. The first-order valence-corrected chi connectivity index (χ1v) is 9.43. The Morgan fingerprint density at radius 1 is 1.23 bits per heavy atom. The number of rotatable bonds is 9. The summed E-state index contributed by atoms with van der Waals surface area (Å²) in [7, 11) is 0. The minimum absolute atomic E-state index is 0.124. The molecule has 2 aromatic rings. The SMILES string of the molecule is CC(C)CC(C)N[C@@H](Cc1cncn1Cc1cc(Cl)cc(Cl)c1)C(=O)O. The van der Waals surface area contributed by atoms with Gasteiger partial charge in [-0.15, -0.1) is 0 Å². The molecule has 2 atom stereocenters. The molecule has 7 heteroatoms. The van der Waals surface area contributed by atoms with Gasteiger partial charge in [0, 0.05) is 40.9 Å². The van der Waals surface area contributed by atoms with Gasteiger partial charge in [0.1, 0.15) is 6.04 Å². The highest BCUT2D eigenvalue weighted by Crippen LogP contribution is 2.20. The van der Waals surface area contributed by atoms with Gasteiger partial charge in [-0.1, -0.05) is 37.0 Å². The van der Waals surface area contributed by atoms with E-state index in [1.165, 1.54) is 0 Å². The van der Waals surface area contributed by atoms with E-state index in [4.69, 9.17) is 23.2 Å². The number of imidazole rings is 1. The van der Waals surface area contributed by atoms with Gasteiger partial charge >= 0.3 is 5.97 Å². The first-order chi connectivity index (χ1) is 12.2. The molecule has 1 aromatic heterocycles. The van der Waals surface area contributed by atoms with Gasteiger partial charge in [0.25, 0.3) is 0 Å². The van der Waals surface area contributed by atoms with E-state index in [9.17, 15) is 9.90 Å². The van der Waals surface area contributed by atoms with Crippen LogP contribution >= 0.6 is 23.2 Å². The van der Waals surface area contributed by atoms with Crippen molar-refractivity contribution >= 4 is 29.2 Å². The number of nitrogens with zero attached hydrogens (tertiary/aromatic N) is 2. The normalized spacial score (nSPS) is 13.8. The Bertz CT molecular complexity index is 726. The highest BCUT2D eigenvalue weighted by Gasteiger charge is 2.22. The minimum Gasteiger partial charge on any atom is -0.480 e. The number of hydrogen-bond donors (Lipinski definition) is 2. The summed E-state index contributed by atoms with van der Waals surface area (Å²) in [6, 6.07) is 4.83. The molecule has 2 N–H and O–H groups in total. The summed E-state index contributed by atoms with van der Waals surface area (Å²) >= 11 is 12.1. The number of halogens is 2. The predicted octanol–water partition coefficient (Wildman–Crippen LogP) is 4.26. The maximum atomic E-state index is 11.7. The highest BCUT2D eigenvalue weighted by atomic mass is 35.5. The molecule has 0 spiro atoms. The number of nitrogens with one attached hydrogen (secondary N) is 1. The van der Waals surface area contributed by atoms with Crippen LogP contribution in [0.4, 0.5) is 0 Å². The van der Waals surface area contributed by atoms with Crippen molar-refractivity contribution in [2.24, 2.45) is 5.92 Å². The first kappa shape index (κ1) is 20.7. The number of carbonyl (C=O) groups is 1. The summed E-state index contributed by atoms with van der Waals surface area (Å²) in [6.07, 6.45) is 4.67. The number of aliphatic carboxylic acids is 1. The fourth-order valence-electron chi connectivity index (χ4n) is 3.10. The van der Waals surface area contributed by atoms with Crippen LogP contribution in [0.2, 0.25) is 10.0 Å². The topological polar surface area (TPSA) is 67.2 Å². The van der Waals surface area contributed by atoms with Crippen molar-refractivity contribution in [3.63, 3.8) is 0 Å². The van der Waals surface area contributed by atoms with Crippen LogP contribution in [0, 0.1) is 5.92 Å². The number of aromatic nitrogens is 2. The zero-order valence-electron chi connectivity index (χ0n) is 15.2. The highest BCUT2D eigenvalue weighted by molar-refractivity contribution is 6.34. The van der Waals surface area contributed by atoms with E-state index in [1.807, 2.05) is 23.6 Å². The molecule has 0 fully saturated rings. The summed E-state index contributed by atoms with van der Waals surface area (Å²) in [5, 5.41) is 13.9. The van der Waals surface area contributed by atoms with Gasteiger partial charge in [-0.2, -0.15) is 0 Å². The second kappa shape index (κ2) is 9.40. The molecule has 0 aliphatic heterocycles. The van der Waals surface area contributed by atoms with E-state index < -0.39 is 12.0 Å². The van der Waals surface area contributed by atoms with Gasteiger partial charge in [0.05, 0.1) is 6.33 Å². The van der Waals surface area contributed by atoms with Crippen molar-refractivity contribution in [3.8, 4) is 0 Å². The summed E-state index contributed by atoms with van der Waals surface area (Å²) in [4.78, 5) is 15.9. The maximum Gasteiger partial charge on any atom is 0.321 e. The van der Waals surface area contributed by atoms with Crippen molar-refractivity contribution in [2.75, 3.05) is 0 Å². The molecule has 26 heavy (non-hydrogen) atoms. The zero-order chi connectivity index (χ0) is 19.3. The molecule has 5 nitrogen and oxygen atoms in total. The molecule has 1 unspecified atom stereocenters. The van der Waals surface area contributed by atoms with Gasteiger partial charge in [-0.3, -0.25) is 4.79 Å². The van der Waals surface area contributed by atoms with Crippen molar-refractivity contribution in [1.82, 2.24) is 14.9 Å². The van der Waals surface area contributed by atoms with E-state index in [2.05, 4.69) is 24.1 Å². The molecule has 0 amide bonds. The van der Waals surface area contributed by atoms with Gasteiger partial charge in [-0.25, -0.2) is 4.98 Å². The quantitative estimate of drug-likeness (QED) is 0.663. The Balaban J connectivity index is 2.11. The van der Waals surface area contributed by atoms with Crippen molar-refractivity contribution < 1.29 is 9.90 Å². The molecule has 0 saturated heterocycles. The Morgan fingerprint density at radius 3 is 2.46 bits per heavy atom. The molecule has 0 aliphatic rings. The van der Waals surface area contributed by atoms with Crippen LogP contribution in [0.15, 0.2) is 30.7 Å². The van der Waals surface area contributed by atoms with Crippen LogP contribution in [0.25, 0.3) is 0 Å². The van der Waals surface area contributed by atoms with Gasteiger partial charge < -0.3 is 15.0 Å². The zero-order valence-corrected chi connectivity index (χ0v) is 16.8. The molecular formula is C19H25Cl2N3O2. The lowest BCUT2D eigenvalue weighted by atomic mass is 10.0. The maximum absolute atomic E-state index is 11.7. The van der Waals surface area contributed by atoms with E-state index in [0.717, 1.165) is 17.7 Å². The van der Waals surface area contributed by atoms with Crippen LogP contribution < -0.4 is 5.32 Å². The van der Waals surface area contributed by atoms with Crippen LogP contribution in [0.5, 0.6) is 0 Å². The smallest absolute Gasteiger partial charge is 0.321 e. The molecule has 1 heterocycles. The van der Waals surface area contributed by atoms with Gasteiger partial charge in [0.2, 0.25) is 0 Å². The minimum atomic E-state index is -0.862. The number of carboxylic acids is 1. The largest absolute Gasteiger partial charge is 0.480 e. The Hall–Kier alpha value is -1.56. The van der Waals surface area contributed by atoms with Crippen LogP contribution in [0.3, 0.4) is 0 Å². The lowest BCUT2D eigenvalue weighted by Gasteiger charge is -2.22. The number of hydrogen-bond acceptors (Lipinski definition) is 3. The van der Waals surface area contributed by atoms with E-state index in [1.54, 1.807) is 18.6 Å².